The molecule has 5 nitrogen and oxygen atoms in total. The minimum absolute atomic E-state index is 0.105. The minimum atomic E-state index is -0.251. The zero-order chi connectivity index (χ0) is 21.4. The van der Waals surface area contributed by atoms with Crippen molar-refractivity contribution in [1.82, 2.24) is 0 Å². The first-order chi connectivity index (χ1) is 15.0. The van der Waals surface area contributed by atoms with E-state index in [0.717, 1.165) is 23.2 Å². The summed E-state index contributed by atoms with van der Waals surface area (Å²) < 4.78 is 0. The maximum Gasteiger partial charge on any atom is 0.255 e. The third kappa shape index (κ3) is 2.59. The Hall–Kier alpha value is -3.21. The Balaban J connectivity index is 1.30. The summed E-state index contributed by atoms with van der Waals surface area (Å²) in [6.45, 7) is 3.91. The maximum absolute atomic E-state index is 13.3. The van der Waals surface area contributed by atoms with E-state index in [1.165, 1.54) is 4.90 Å². The van der Waals surface area contributed by atoms with Crippen LogP contribution >= 0.6 is 0 Å². The molecule has 2 aromatic rings. The molecule has 1 aliphatic heterocycles. The van der Waals surface area contributed by atoms with Crippen LogP contribution in [-0.4, -0.2) is 17.7 Å². The Morgan fingerprint density at radius 3 is 2.10 bits per heavy atom. The molecule has 2 saturated carbocycles. The van der Waals surface area contributed by atoms with E-state index in [1.807, 2.05) is 32.0 Å². The highest BCUT2D eigenvalue weighted by molar-refractivity contribution is 6.23. The Morgan fingerprint density at radius 2 is 1.48 bits per heavy atom. The number of benzene rings is 2. The second-order valence-corrected chi connectivity index (χ2v) is 9.44. The SMILES string of the molecule is Cc1cccc(C)c1NC(=O)c1cccc(N2C(=O)[C@@H]3[C@H]4C=C[C@@H]([C@@H]5C[C@H]45)[C@@H]3C2=O)c1. The first-order valence-electron chi connectivity index (χ1n) is 11.0. The highest BCUT2D eigenvalue weighted by Gasteiger charge is 2.67. The van der Waals surface area contributed by atoms with Crippen LogP contribution in [0.15, 0.2) is 54.6 Å². The number of carbonyl (C=O) groups is 3. The Morgan fingerprint density at radius 1 is 0.903 bits per heavy atom. The molecule has 5 heteroatoms. The van der Waals surface area contributed by atoms with Gasteiger partial charge in [-0.05, 0) is 73.3 Å². The average Bonchev–Trinajstić information content (AvgIpc) is 3.54. The highest BCUT2D eigenvalue weighted by Crippen LogP contribution is 2.65. The van der Waals surface area contributed by atoms with Gasteiger partial charge in [0.2, 0.25) is 11.8 Å². The van der Waals surface area contributed by atoms with Crippen LogP contribution in [0.25, 0.3) is 0 Å². The number of carbonyl (C=O) groups excluding carboxylic acids is 3. The van der Waals surface area contributed by atoms with E-state index in [-0.39, 0.29) is 41.4 Å². The van der Waals surface area contributed by atoms with E-state index in [4.69, 9.17) is 0 Å². The van der Waals surface area contributed by atoms with Gasteiger partial charge >= 0.3 is 0 Å². The predicted octanol–water partition coefficient (Wildman–Crippen LogP) is 4.11. The molecule has 31 heavy (non-hydrogen) atoms. The number of hydrogen-bond donors (Lipinski definition) is 1. The quantitative estimate of drug-likeness (QED) is 0.609. The van der Waals surface area contributed by atoms with Crippen molar-refractivity contribution in [3.63, 3.8) is 0 Å². The second kappa shape index (κ2) is 6.39. The molecule has 156 valence electrons. The lowest BCUT2D eigenvalue weighted by molar-refractivity contribution is -0.124. The fourth-order valence-corrected chi connectivity index (χ4v) is 6.20. The van der Waals surface area contributed by atoms with Crippen molar-refractivity contribution in [3.8, 4) is 0 Å². The molecule has 3 fully saturated rings. The molecule has 2 aromatic carbocycles. The minimum Gasteiger partial charge on any atom is -0.322 e. The third-order valence-electron chi connectivity index (χ3n) is 7.75. The smallest absolute Gasteiger partial charge is 0.255 e. The first kappa shape index (κ1) is 18.6. The van der Waals surface area contributed by atoms with Gasteiger partial charge in [-0.3, -0.25) is 14.4 Å². The van der Waals surface area contributed by atoms with Crippen LogP contribution in [0.4, 0.5) is 11.4 Å². The lowest BCUT2D eigenvalue weighted by atomic mass is 9.63. The number of allylic oxidation sites excluding steroid dienone is 2. The fourth-order valence-electron chi connectivity index (χ4n) is 6.20. The van der Waals surface area contributed by atoms with Crippen LogP contribution in [0.3, 0.4) is 0 Å². The van der Waals surface area contributed by atoms with E-state index in [2.05, 4.69) is 17.5 Å². The van der Waals surface area contributed by atoms with Gasteiger partial charge in [-0.1, -0.05) is 36.4 Å². The number of amides is 3. The molecule has 1 heterocycles. The Labute approximate surface area is 181 Å². The number of anilines is 2. The van der Waals surface area contributed by atoms with Crippen LogP contribution in [-0.2, 0) is 9.59 Å². The molecule has 0 spiro atoms. The summed E-state index contributed by atoms with van der Waals surface area (Å²) in [4.78, 5) is 41.0. The fraction of sp³-hybridized carbons (Fsp3) is 0.346. The summed E-state index contributed by atoms with van der Waals surface area (Å²) in [6.07, 6.45) is 5.48. The van der Waals surface area contributed by atoms with Gasteiger partial charge in [0.25, 0.3) is 5.91 Å². The van der Waals surface area contributed by atoms with Gasteiger partial charge in [0.1, 0.15) is 0 Å². The number of rotatable bonds is 3. The molecule has 5 aliphatic rings. The van der Waals surface area contributed by atoms with Crippen molar-refractivity contribution >= 4 is 29.1 Å². The molecular formula is C26H24N2O3. The molecule has 1 saturated heterocycles. The number of aryl methyl sites for hydroxylation is 2. The van der Waals surface area contributed by atoms with E-state index >= 15 is 0 Å². The zero-order valence-electron chi connectivity index (χ0n) is 17.5. The van der Waals surface area contributed by atoms with Crippen molar-refractivity contribution in [2.75, 3.05) is 10.2 Å². The van der Waals surface area contributed by atoms with E-state index < -0.39 is 0 Å². The normalized spacial score (nSPS) is 32.1. The topological polar surface area (TPSA) is 66.5 Å². The Bertz CT molecular complexity index is 1130. The van der Waals surface area contributed by atoms with Crippen LogP contribution in [0.1, 0.15) is 27.9 Å². The Kier molecular flexibility index (Phi) is 3.83. The molecular weight excluding hydrogens is 388 g/mol. The number of imide groups is 1. The van der Waals surface area contributed by atoms with Crippen molar-refractivity contribution in [1.29, 1.82) is 0 Å². The van der Waals surface area contributed by atoms with Gasteiger partial charge in [0.05, 0.1) is 17.5 Å². The van der Waals surface area contributed by atoms with Crippen molar-refractivity contribution in [3.05, 3.63) is 71.3 Å². The highest BCUT2D eigenvalue weighted by atomic mass is 16.2. The van der Waals surface area contributed by atoms with Crippen LogP contribution in [0.2, 0.25) is 0 Å². The summed E-state index contributed by atoms with van der Waals surface area (Å²) in [5.74, 6) is 0.591. The van der Waals surface area contributed by atoms with E-state index in [9.17, 15) is 14.4 Å². The van der Waals surface area contributed by atoms with Crippen molar-refractivity contribution < 1.29 is 14.4 Å². The lowest BCUT2D eigenvalue weighted by Crippen LogP contribution is -2.40. The van der Waals surface area contributed by atoms with Crippen LogP contribution in [0.5, 0.6) is 0 Å². The van der Waals surface area contributed by atoms with Gasteiger partial charge < -0.3 is 5.32 Å². The summed E-state index contributed by atoms with van der Waals surface area (Å²) >= 11 is 0. The molecule has 7 rings (SSSR count). The van der Waals surface area contributed by atoms with Crippen molar-refractivity contribution in [2.45, 2.75) is 20.3 Å². The first-order valence-corrected chi connectivity index (χ1v) is 11.0. The molecule has 4 aliphatic carbocycles. The van der Waals surface area contributed by atoms with Gasteiger partial charge in [-0.15, -0.1) is 0 Å². The van der Waals surface area contributed by atoms with Gasteiger partial charge in [0, 0.05) is 11.3 Å². The molecule has 0 radical (unpaired) electrons. The summed E-state index contributed by atoms with van der Waals surface area (Å²) in [5.41, 5.74) is 3.69. The summed E-state index contributed by atoms with van der Waals surface area (Å²) in [7, 11) is 0. The number of nitrogens with zero attached hydrogens (tertiary/aromatic N) is 1. The number of para-hydroxylation sites is 1. The number of hydrogen-bond acceptors (Lipinski definition) is 3. The van der Waals surface area contributed by atoms with E-state index in [0.29, 0.717) is 23.1 Å². The van der Waals surface area contributed by atoms with Crippen LogP contribution < -0.4 is 10.2 Å². The molecule has 0 unspecified atom stereocenters. The molecule has 0 aromatic heterocycles. The summed E-state index contributed by atoms with van der Waals surface area (Å²) in [5, 5.41) is 2.98. The van der Waals surface area contributed by atoms with Gasteiger partial charge in [-0.2, -0.15) is 0 Å². The van der Waals surface area contributed by atoms with Gasteiger partial charge in [-0.25, -0.2) is 4.90 Å². The lowest BCUT2D eigenvalue weighted by Gasteiger charge is -2.37. The average molecular weight is 412 g/mol. The molecule has 2 bridgehead atoms. The maximum atomic E-state index is 13.3. The largest absolute Gasteiger partial charge is 0.322 e. The third-order valence-corrected chi connectivity index (χ3v) is 7.75. The van der Waals surface area contributed by atoms with E-state index in [1.54, 1.807) is 24.3 Å². The van der Waals surface area contributed by atoms with Crippen molar-refractivity contribution in [2.24, 2.45) is 35.5 Å². The monoisotopic (exact) mass is 412 g/mol. The summed E-state index contributed by atoms with van der Waals surface area (Å²) in [6, 6.07) is 12.7. The zero-order valence-corrected chi connectivity index (χ0v) is 17.5. The second-order valence-electron chi connectivity index (χ2n) is 9.44. The van der Waals surface area contributed by atoms with Crippen LogP contribution in [0, 0.1) is 49.4 Å². The number of nitrogens with one attached hydrogen (secondary N) is 1. The van der Waals surface area contributed by atoms with Gasteiger partial charge in [0.15, 0.2) is 0 Å². The molecule has 6 atom stereocenters. The molecule has 3 amide bonds. The standard InChI is InChI=1S/C26H24N2O3/c1-13-5-3-6-14(2)23(13)27-24(29)15-7-4-8-16(11-15)28-25(30)21-17-9-10-18(20-12-19(17)20)22(21)26(28)31/h3-11,17-22H,12H2,1-2H3,(H,27,29)/t17-,18-,19-,20+,21-,22+/m0/s1. The molecule has 1 N–H and O–H groups in total. The predicted molar refractivity (Wildman–Crippen MR) is 118 cm³/mol.